The smallest absolute Gasteiger partial charge is 0.240 e. The summed E-state index contributed by atoms with van der Waals surface area (Å²) >= 11 is 0. The number of carbonyl (C=O) groups is 2. The SMILES string of the molecule is CC(=O)c1ccc(S(=O)(=O)NCCC(=O)NC(C)(C)C)cc1. The van der Waals surface area contributed by atoms with Crippen molar-refractivity contribution in [3.05, 3.63) is 29.8 Å². The van der Waals surface area contributed by atoms with Crippen LogP contribution in [-0.2, 0) is 14.8 Å². The number of carbonyl (C=O) groups excluding carboxylic acids is 2. The van der Waals surface area contributed by atoms with Crippen molar-refractivity contribution >= 4 is 21.7 Å². The number of nitrogens with one attached hydrogen (secondary N) is 2. The van der Waals surface area contributed by atoms with Gasteiger partial charge >= 0.3 is 0 Å². The number of ketones is 1. The van der Waals surface area contributed by atoms with Crippen LogP contribution in [0, 0.1) is 0 Å². The molecular weight excluding hydrogens is 304 g/mol. The molecule has 6 nitrogen and oxygen atoms in total. The molecule has 7 heteroatoms. The molecule has 0 spiro atoms. The van der Waals surface area contributed by atoms with Crippen molar-refractivity contribution in [3.8, 4) is 0 Å². The Kier molecular flexibility index (Phi) is 5.85. The van der Waals surface area contributed by atoms with Crippen LogP contribution in [0.3, 0.4) is 0 Å². The summed E-state index contributed by atoms with van der Waals surface area (Å²) in [5.41, 5.74) is 0.0990. The molecule has 1 aromatic carbocycles. The summed E-state index contributed by atoms with van der Waals surface area (Å²) in [6, 6.07) is 5.66. The second-order valence-electron chi connectivity index (χ2n) is 6.03. The predicted octanol–water partition coefficient (Wildman–Crippen LogP) is 1.47. The molecule has 0 heterocycles. The minimum Gasteiger partial charge on any atom is -0.351 e. The second kappa shape index (κ2) is 7.02. The molecule has 22 heavy (non-hydrogen) atoms. The number of benzene rings is 1. The van der Waals surface area contributed by atoms with E-state index in [-0.39, 0.29) is 35.1 Å². The van der Waals surface area contributed by atoms with Crippen molar-refractivity contribution in [2.45, 2.75) is 44.6 Å². The van der Waals surface area contributed by atoms with Crippen LogP contribution in [0.5, 0.6) is 0 Å². The van der Waals surface area contributed by atoms with Gasteiger partial charge in [0.25, 0.3) is 0 Å². The number of sulfonamides is 1. The molecule has 0 aromatic heterocycles. The van der Waals surface area contributed by atoms with Gasteiger partial charge in [0.1, 0.15) is 0 Å². The molecule has 0 aliphatic carbocycles. The van der Waals surface area contributed by atoms with Crippen LogP contribution in [0.25, 0.3) is 0 Å². The average Bonchev–Trinajstić information content (AvgIpc) is 2.36. The zero-order valence-electron chi connectivity index (χ0n) is 13.3. The molecule has 1 rings (SSSR count). The molecule has 1 aromatic rings. The Balaban J connectivity index is 2.61. The van der Waals surface area contributed by atoms with Crippen LogP contribution >= 0.6 is 0 Å². The Bertz CT molecular complexity index is 643. The van der Waals surface area contributed by atoms with Gasteiger partial charge in [0.2, 0.25) is 15.9 Å². The molecular formula is C15H22N2O4S. The van der Waals surface area contributed by atoms with Gasteiger partial charge in [-0.25, -0.2) is 13.1 Å². The number of hydrogen-bond donors (Lipinski definition) is 2. The van der Waals surface area contributed by atoms with E-state index < -0.39 is 10.0 Å². The Morgan fingerprint density at radius 2 is 1.64 bits per heavy atom. The van der Waals surface area contributed by atoms with E-state index in [0.717, 1.165) is 0 Å². The van der Waals surface area contributed by atoms with E-state index in [0.29, 0.717) is 5.56 Å². The normalized spacial score (nSPS) is 12.0. The summed E-state index contributed by atoms with van der Waals surface area (Å²) < 4.78 is 26.5. The van der Waals surface area contributed by atoms with Gasteiger partial charge < -0.3 is 5.32 Å². The van der Waals surface area contributed by atoms with Crippen LogP contribution in [0.15, 0.2) is 29.2 Å². The summed E-state index contributed by atoms with van der Waals surface area (Å²) in [7, 11) is -3.68. The Labute approximate surface area is 131 Å². The lowest BCUT2D eigenvalue weighted by molar-refractivity contribution is -0.122. The topological polar surface area (TPSA) is 92.3 Å². The maximum atomic E-state index is 12.1. The maximum Gasteiger partial charge on any atom is 0.240 e. The molecule has 1 amide bonds. The summed E-state index contributed by atoms with van der Waals surface area (Å²) in [6.07, 6.45) is 0.0576. The van der Waals surface area contributed by atoms with Gasteiger partial charge in [-0.15, -0.1) is 0 Å². The van der Waals surface area contributed by atoms with E-state index >= 15 is 0 Å². The first-order chi connectivity index (χ1) is 10.0. The lowest BCUT2D eigenvalue weighted by Crippen LogP contribution is -2.41. The van der Waals surface area contributed by atoms with Gasteiger partial charge in [-0.3, -0.25) is 9.59 Å². The van der Waals surface area contributed by atoms with E-state index in [1.54, 1.807) is 0 Å². The lowest BCUT2D eigenvalue weighted by Gasteiger charge is -2.20. The summed E-state index contributed by atoms with van der Waals surface area (Å²) in [5.74, 6) is -0.349. The molecule has 0 unspecified atom stereocenters. The van der Waals surface area contributed by atoms with E-state index in [4.69, 9.17) is 0 Å². The summed E-state index contributed by atoms with van der Waals surface area (Å²) in [6.45, 7) is 6.98. The predicted molar refractivity (Wildman–Crippen MR) is 84.1 cm³/mol. The van der Waals surface area contributed by atoms with Crippen LogP contribution in [-0.4, -0.2) is 32.2 Å². The fraction of sp³-hybridized carbons (Fsp3) is 0.467. The maximum absolute atomic E-state index is 12.1. The van der Waals surface area contributed by atoms with Crippen LogP contribution in [0.1, 0.15) is 44.5 Å². The monoisotopic (exact) mass is 326 g/mol. The minimum absolute atomic E-state index is 0.0126. The van der Waals surface area contributed by atoms with E-state index in [2.05, 4.69) is 10.0 Å². The largest absolute Gasteiger partial charge is 0.351 e. The number of rotatable bonds is 6. The van der Waals surface area contributed by atoms with E-state index in [9.17, 15) is 18.0 Å². The highest BCUT2D eigenvalue weighted by Gasteiger charge is 2.16. The van der Waals surface area contributed by atoms with E-state index in [1.807, 2.05) is 20.8 Å². The first kappa shape index (κ1) is 18.3. The Morgan fingerprint density at radius 3 is 2.09 bits per heavy atom. The van der Waals surface area contributed by atoms with Crippen molar-refractivity contribution < 1.29 is 18.0 Å². The molecule has 0 atom stereocenters. The zero-order valence-corrected chi connectivity index (χ0v) is 14.1. The van der Waals surface area contributed by atoms with Crippen LogP contribution < -0.4 is 10.0 Å². The van der Waals surface area contributed by atoms with Crippen LogP contribution in [0.4, 0.5) is 0 Å². The molecule has 0 saturated heterocycles. The van der Waals surface area contributed by atoms with Gasteiger partial charge in [0.05, 0.1) is 4.90 Å². The van der Waals surface area contributed by atoms with Gasteiger partial charge in [-0.1, -0.05) is 12.1 Å². The third-order valence-electron chi connectivity index (χ3n) is 2.73. The highest BCUT2D eigenvalue weighted by Crippen LogP contribution is 2.11. The Morgan fingerprint density at radius 1 is 1.09 bits per heavy atom. The lowest BCUT2D eigenvalue weighted by atomic mass is 10.1. The molecule has 2 N–H and O–H groups in total. The number of hydrogen-bond acceptors (Lipinski definition) is 4. The summed E-state index contributed by atoms with van der Waals surface area (Å²) in [5, 5.41) is 2.75. The number of Topliss-reactive ketones (excluding diaryl/α,β-unsaturated/α-hetero) is 1. The molecule has 0 aliphatic rings. The van der Waals surface area contributed by atoms with Gasteiger partial charge in [0, 0.05) is 24.1 Å². The fourth-order valence-corrected chi connectivity index (χ4v) is 2.76. The van der Waals surface area contributed by atoms with Crippen molar-refractivity contribution in [2.75, 3.05) is 6.54 Å². The van der Waals surface area contributed by atoms with Crippen molar-refractivity contribution in [1.29, 1.82) is 0 Å². The third-order valence-corrected chi connectivity index (χ3v) is 4.21. The fourth-order valence-electron chi connectivity index (χ4n) is 1.73. The van der Waals surface area contributed by atoms with Gasteiger partial charge in [-0.2, -0.15) is 0 Å². The molecule has 122 valence electrons. The summed E-state index contributed by atoms with van der Waals surface area (Å²) in [4.78, 5) is 22.8. The van der Waals surface area contributed by atoms with Crippen molar-refractivity contribution in [1.82, 2.24) is 10.0 Å². The van der Waals surface area contributed by atoms with Crippen molar-refractivity contribution in [2.24, 2.45) is 0 Å². The standard InChI is InChI=1S/C15H22N2O4S/c1-11(18)12-5-7-13(8-6-12)22(20,21)16-10-9-14(19)17-15(2,3)4/h5-8,16H,9-10H2,1-4H3,(H,17,19). The first-order valence-electron chi connectivity index (χ1n) is 6.93. The van der Waals surface area contributed by atoms with Gasteiger partial charge in [0.15, 0.2) is 5.78 Å². The number of amides is 1. The van der Waals surface area contributed by atoms with E-state index in [1.165, 1.54) is 31.2 Å². The molecule has 0 aliphatic heterocycles. The second-order valence-corrected chi connectivity index (χ2v) is 7.79. The molecule has 0 bridgehead atoms. The zero-order chi connectivity index (χ0) is 17.0. The third kappa shape index (κ3) is 5.95. The highest BCUT2D eigenvalue weighted by molar-refractivity contribution is 7.89. The van der Waals surface area contributed by atoms with Crippen molar-refractivity contribution in [3.63, 3.8) is 0 Å². The molecule has 0 fully saturated rings. The molecule has 0 radical (unpaired) electrons. The van der Waals surface area contributed by atoms with Gasteiger partial charge in [-0.05, 0) is 39.8 Å². The average molecular weight is 326 g/mol. The first-order valence-corrected chi connectivity index (χ1v) is 8.41. The quantitative estimate of drug-likeness (QED) is 0.774. The minimum atomic E-state index is -3.68. The van der Waals surface area contributed by atoms with Crippen LogP contribution in [0.2, 0.25) is 0 Å². The molecule has 0 saturated carbocycles. The Hall–Kier alpha value is -1.73. The highest BCUT2D eigenvalue weighted by atomic mass is 32.2.